The van der Waals surface area contributed by atoms with Gasteiger partial charge in [-0.1, -0.05) is 12.1 Å². The maximum atomic E-state index is 12.9. The molecule has 0 aliphatic heterocycles. The van der Waals surface area contributed by atoms with Crippen molar-refractivity contribution in [1.82, 2.24) is 0 Å². The summed E-state index contributed by atoms with van der Waals surface area (Å²) >= 11 is 0. The van der Waals surface area contributed by atoms with Gasteiger partial charge in [-0.05, 0) is 25.0 Å². The maximum absolute atomic E-state index is 12.9. The highest BCUT2D eigenvalue weighted by molar-refractivity contribution is 5.93. The summed E-state index contributed by atoms with van der Waals surface area (Å²) in [6, 6.07) is 3.21. The summed E-state index contributed by atoms with van der Waals surface area (Å²) in [5.74, 6) is -2.25. The number of carboxylic acid groups (broad SMARTS) is 1. The topological polar surface area (TPSA) is 63.6 Å². The molecule has 0 radical (unpaired) electrons. The lowest BCUT2D eigenvalue weighted by Crippen LogP contribution is -2.18. The zero-order valence-corrected chi connectivity index (χ0v) is 10.7. The summed E-state index contributed by atoms with van der Waals surface area (Å²) in [6.07, 6.45) is -5.25. The van der Waals surface area contributed by atoms with Crippen LogP contribution in [0, 0.1) is 0 Å². The predicted octanol–water partition coefficient (Wildman–Crippen LogP) is 2.90. The number of alkyl halides is 3. The SMILES string of the molecule is CCOC(=O)c1c(CCC(=O)O)cccc1C(F)(F)F. The van der Waals surface area contributed by atoms with Gasteiger partial charge in [0.1, 0.15) is 0 Å². The Morgan fingerprint density at radius 1 is 1.30 bits per heavy atom. The van der Waals surface area contributed by atoms with Gasteiger partial charge in [0.15, 0.2) is 0 Å². The Labute approximate surface area is 113 Å². The number of carboxylic acids is 1. The molecule has 0 saturated carbocycles. The van der Waals surface area contributed by atoms with Crippen molar-refractivity contribution in [3.8, 4) is 0 Å². The van der Waals surface area contributed by atoms with E-state index >= 15 is 0 Å². The zero-order valence-electron chi connectivity index (χ0n) is 10.7. The van der Waals surface area contributed by atoms with Gasteiger partial charge in [-0.2, -0.15) is 13.2 Å². The van der Waals surface area contributed by atoms with Crippen molar-refractivity contribution in [3.05, 3.63) is 34.9 Å². The van der Waals surface area contributed by atoms with Crippen LogP contribution in [0.1, 0.15) is 34.8 Å². The highest BCUT2D eigenvalue weighted by atomic mass is 19.4. The van der Waals surface area contributed by atoms with Crippen LogP contribution < -0.4 is 0 Å². The number of ether oxygens (including phenoxy) is 1. The lowest BCUT2D eigenvalue weighted by molar-refractivity contribution is -0.138. The number of rotatable bonds is 5. The first-order valence-electron chi connectivity index (χ1n) is 5.85. The molecule has 1 aromatic carbocycles. The van der Waals surface area contributed by atoms with Crippen LogP contribution in [0.3, 0.4) is 0 Å². The van der Waals surface area contributed by atoms with E-state index in [-0.39, 0.29) is 25.0 Å². The first-order chi connectivity index (χ1) is 9.27. The zero-order chi connectivity index (χ0) is 15.3. The minimum atomic E-state index is -4.71. The molecule has 0 amide bonds. The Bertz CT molecular complexity index is 509. The van der Waals surface area contributed by atoms with Gasteiger partial charge in [0.25, 0.3) is 0 Å². The third-order valence-electron chi connectivity index (χ3n) is 2.54. The van der Waals surface area contributed by atoms with Gasteiger partial charge in [0.2, 0.25) is 0 Å². The molecule has 0 aromatic heterocycles. The van der Waals surface area contributed by atoms with Gasteiger partial charge in [-0.25, -0.2) is 4.79 Å². The predicted molar refractivity (Wildman–Crippen MR) is 63.4 cm³/mol. The molecular weight excluding hydrogens is 277 g/mol. The van der Waals surface area contributed by atoms with Gasteiger partial charge in [0.05, 0.1) is 17.7 Å². The van der Waals surface area contributed by atoms with Crippen LogP contribution >= 0.6 is 0 Å². The number of carbonyl (C=O) groups excluding carboxylic acids is 1. The number of hydrogen-bond acceptors (Lipinski definition) is 3. The van der Waals surface area contributed by atoms with E-state index in [1.54, 1.807) is 0 Å². The van der Waals surface area contributed by atoms with E-state index < -0.39 is 29.2 Å². The Morgan fingerprint density at radius 3 is 2.45 bits per heavy atom. The number of benzene rings is 1. The molecule has 0 atom stereocenters. The minimum Gasteiger partial charge on any atom is -0.481 e. The first kappa shape index (κ1) is 16.0. The molecule has 0 saturated heterocycles. The summed E-state index contributed by atoms with van der Waals surface area (Å²) in [4.78, 5) is 22.2. The molecule has 20 heavy (non-hydrogen) atoms. The van der Waals surface area contributed by atoms with Crippen LogP contribution in [0.25, 0.3) is 0 Å². The van der Waals surface area contributed by atoms with Crippen molar-refractivity contribution in [2.45, 2.75) is 25.9 Å². The number of halogens is 3. The fourth-order valence-electron chi connectivity index (χ4n) is 1.73. The third kappa shape index (κ3) is 3.97. The van der Waals surface area contributed by atoms with Crippen LogP contribution in [0.5, 0.6) is 0 Å². The molecule has 0 unspecified atom stereocenters. The summed E-state index contributed by atoms with van der Waals surface area (Å²) in [6.45, 7) is 1.41. The molecule has 0 heterocycles. The number of hydrogen-bond donors (Lipinski definition) is 1. The fraction of sp³-hybridized carbons (Fsp3) is 0.385. The molecule has 1 rings (SSSR count). The number of carbonyl (C=O) groups is 2. The second kappa shape index (κ2) is 6.40. The van der Waals surface area contributed by atoms with E-state index in [9.17, 15) is 22.8 Å². The largest absolute Gasteiger partial charge is 0.481 e. The Hall–Kier alpha value is -2.05. The van der Waals surface area contributed by atoms with Gasteiger partial charge in [-0.3, -0.25) is 4.79 Å². The molecule has 0 bridgehead atoms. The molecule has 110 valence electrons. The molecule has 4 nitrogen and oxygen atoms in total. The quantitative estimate of drug-likeness (QED) is 0.847. The smallest absolute Gasteiger partial charge is 0.417 e. The van der Waals surface area contributed by atoms with Crippen molar-refractivity contribution < 1.29 is 32.6 Å². The molecule has 7 heteroatoms. The number of aliphatic carboxylic acids is 1. The van der Waals surface area contributed by atoms with Crippen molar-refractivity contribution >= 4 is 11.9 Å². The van der Waals surface area contributed by atoms with Crippen LogP contribution in [0.15, 0.2) is 18.2 Å². The lowest BCUT2D eigenvalue weighted by atomic mass is 9.97. The van der Waals surface area contributed by atoms with Crippen LogP contribution in [-0.4, -0.2) is 23.7 Å². The van der Waals surface area contributed by atoms with E-state index in [4.69, 9.17) is 5.11 Å². The minimum absolute atomic E-state index is 0.0145. The monoisotopic (exact) mass is 290 g/mol. The van der Waals surface area contributed by atoms with Crippen molar-refractivity contribution in [1.29, 1.82) is 0 Å². The fourth-order valence-corrected chi connectivity index (χ4v) is 1.73. The summed E-state index contributed by atoms with van der Waals surface area (Å²) < 4.78 is 43.3. The summed E-state index contributed by atoms with van der Waals surface area (Å²) in [5.41, 5.74) is -1.71. The van der Waals surface area contributed by atoms with Gasteiger partial charge < -0.3 is 9.84 Å². The third-order valence-corrected chi connectivity index (χ3v) is 2.54. The Balaban J connectivity index is 3.29. The van der Waals surface area contributed by atoms with Gasteiger partial charge >= 0.3 is 18.1 Å². The molecule has 1 aromatic rings. The van der Waals surface area contributed by atoms with E-state index in [1.165, 1.54) is 13.0 Å². The van der Waals surface area contributed by atoms with E-state index in [2.05, 4.69) is 4.74 Å². The average molecular weight is 290 g/mol. The first-order valence-corrected chi connectivity index (χ1v) is 5.85. The Kier molecular flexibility index (Phi) is 5.12. The normalized spacial score (nSPS) is 11.2. The average Bonchev–Trinajstić information content (AvgIpc) is 2.35. The van der Waals surface area contributed by atoms with Crippen molar-refractivity contribution in [2.75, 3.05) is 6.61 Å². The van der Waals surface area contributed by atoms with Crippen LogP contribution in [0.2, 0.25) is 0 Å². The molecular formula is C13H13F3O4. The molecule has 0 aliphatic carbocycles. The van der Waals surface area contributed by atoms with Gasteiger partial charge in [0, 0.05) is 6.42 Å². The maximum Gasteiger partial charge on any atom is 0.417 e. The van der Waals surface area contributed by atoms with Crippen LogP contribution in [0.4, 0.5) is 13.2 Å². The number of esters is 1. The van der Waals surface area contributed by atoms with E-state index in [0.29, 0.717) is 0 Å². The van der Waals surface area contributed by atoms with Crippen LogP contribution in [-0.2, 0) is 22.1 Å². The lowest BCUT2D eigenvalue weighted by Gasteiger charge is -2.15. The van der Waals surface area contributed by atoms with Crippen molar-refractivity contribution in [3.63, 3.8) is 0 Å². The number of aryl methyl sites for hydroxylation is 1. The standard InChI is InChI=1S/C13H13F3O4/c1-2-20-12(19)11-8(6-7-10(17)18)4-3-5-9(11)13(14,15)16/h3-5H,2,6-7H2,1H3,(H,17,18). The highest BCUT2D eigenvalue weighted by Crippen LogP contribution is 2.34. The molecule has 0 fully saturated rings. The second-order valence-corrected chi connectivity index (χ2v) is 3.95. The Morgan fingerprint density at radius 2 is 1.95 bits per heavy atom. The van der Waals surface area contributed by atoms with E-state index in [0.717, 1.165) is 12.1 Å². The molecule has 1 N–H and O–H groups in total. The summed E-state index contributed by atoms with van der Waals surface area (Å²) in [7, 11) is 0. The van der Waals surface area contributed by atoms with Crippen molar-refractivity contribution in [2.24, 2.45) is 0 Å². The molecule has 0 aliphatic rings. The van der Waals surface area contributed by atoms with Gasteiger partial charge in [-0.15, -0.1) is 0 Å². The summed E-state index contributed by atoms with van der Waals surface area (Å²) in [5, 5.41) is 8.60. The van der Waals surface area contributed by atoms with E-state index in [1.807, 2.05) is 0 Å². The highest BCUT2D eigenvalue weighted by Gasteiger charge is 2.36. The second-order valence-electron chi connectivity index (χ2n) is 3.95. The molecule has 0 spiro atoms.